The molecule has 15 heavy (non-hydrogen) atoms. The van der Waals surface area contributed by atoms with Crippen molar-refractivity contribution in [2.24, 2.45) is 5.73 Å². The van der Waals surface area contributed by atoms with Gasteiger partial charge in [0.05, 0.1) is 0 Å². The molecular formula is C9H11F3N2O. The van der Waals surface area contributed by atoms with E-state index in [-0.39, 0.29) is 6.61 Å². The van der Waals surface area contributed by atoms with Crippen molar-refractivity contribution in [1.82, 2.24) is 4.98 Å². The molecule has 0 bridgehead atoms. The summed E-state index contributed by atoms with van der Waals surface area (Å²) in [7, 11) is 0. The van der Waals surface area contributed by atoms with Crippen LogP contribution in [0.5, 0.6) is 0 Å². The van der Waals surface area contributed by atoms with E-state index in [2.05, 4.69) is 15.5 Å². The van der Waals surface area contributed by atoms with Crippen molar-refractivity contribution >= 4 is 0 Å². The Bertz CT molecular complexity index is 315. The summed E-state index contributed by atoms with van der Waals surface area (Å²) in [5, 5.41) is 0. The summed E-state index contributed by atoms with van der Waals surface area (Å²) in [6.45, 7) is 1.18. The summed E-state index contributed by atoms with van der Waals surface area (Å²) >= 11 is 0. The second-order valence-corrected chi connectivity index (χ2v) is 2.89. The molecule has 1 heterocycles. The Kier molecular flexibility index (Phi) is 3.31. The summed E-state index contributed by atoms with van der Waals surface area (Å²) < 4.78 is 44.1. The Balaban J connectivity index is 3.13. The second kappa shape index (κ2) is 4.16. The molecule has 1 rings (SSSR count). The van der Waals surface area contributed by atoms with E-state index in [1.165, 1.54) is 19.2 Å². The molecule has 0 aliphatic heterocycles. The number of nitrogens with two attached hydrogens (primary N) is 1. The number of hydrogen-bond donors (Lipinski definition) is 1. The van der Waals surface area contributed by atoms with Gasteiger partial charge in [-0.25, -0.2) is 0 Å². The maximum atomic E-state index is 13.9. The number of hydrogen-bond acceptors (Lipinski definition) is 3. The second-order valence-electron chi connectivity index (χ2n) is 2.89. The van der Waals surface area contributed by atoms with Crippen molar-refractivity contribution in [3.05, 3.63) is 30.1 Å². The molecule has 0 spiro atoms. The maximum absolute atomic E-state index is 13.9. The van der Waals surface area contributed by atoms with E-state index >= 15 is 0 Å². The quantitative estimate of drug-likeness (QED) is 0.787. The highest BCUT2D eigenvalue weighted by Gasteiger charge is 2.55. The van der Waals surface area contributed by atoms with Crippen LogP contribution in [-0.2, 0) is 10.6 Å². The number of nitrogens with zero attached hydrogens (tertiary/aromatic N) is 1. The molecule has 0 saturated heterocycles. The molecule has 0 amide bonds. The minimum absolute atomic E-state index is 0.224. The normalized spacial score (nSPS) is 16.1. The number of alkyl halides is 3. The molecule has 6 heteroatoms. The average Bonchev–Trinajstić information content (AvgIpc) is 2.18. The molecule has 0 aliphatic rings. The van der Waals surface area contributed by atoms with E-state index < -0.39 is 17.5 Å². The van der Waals surface area contributed by atoms with Crippen LogP contribution in [0.1, 0.15) is 12.5 Å². The van der Waals surface area contributed by atoms with Crippen molar-refractivity contribution in [1.29, 1.82) is 0 Å². The molecule has 0 aromatic carbocycles. The first-order valence-electron chi connectivity index (χ1n) is 4.32. The summed E-state index contributed by atoms with van der Waals surface area (Å²) in [5.74, 6) is -3.34. The zero-order valence-electron chi connectivity index (χ0n) is 8.08. The Morgan fingerprint density at radius 2 is 2.13 bits per heavy atom. The van der Waals surface area contributed by atoms with Crippen LogP contribution in [0.4, 0.5) is 13.2 Å². The van der Waals surface area contributed by atoms with Gasteiger partial charge in [0.1, 0.15) is 0 Å². The summed E-state index contributed by atoms with van der Waals surface area (Å²) in [5.41, 5.74) is 4.07. The molecule has 1 aromatic heterocycles. The first kappa shape index (κ1) is 11.9. The number of halogens is 3. The molecule has 2 N–H and O–H groups in total. The van der Waals surface area contributed by atoms with Gasteiger partial charge in [0.25, 0.3) is 0 Å². The lowest BCUT2D eigenvalue weighted by Crippen LogP contribution is -2.50. The van der Waals surface area contributed by atoms with E-state index in [0.717, 1.165) is 12.3 Å². The van der Waals surface area contributed by atoms with Crippen LogP contribution >= 0.6 is 0 Å². The summed E-state index contributed by atoms with van der Waals surface area (Å²) in [6.07, 6.45) is 2.29. The molecule has 0 aliphatic carbocycles. The highest BCUT2D eigenvalue weighted by atomic mass is 19.3. The lowest BCUT2D eigenvalue weighted by molar-refractivity contribution is -0.283. The topological polar surface area (TPSA) is 48.1 Å². The van der Waals surface area contributed by atoms with Crippen LogP contribution in [0, 0.1) is 0 Å². The van der Waals surface area contributed by atoms with E-state index in [1.54, 1.807) is 0 Å². The van der Waals surface area contributed by atoms with Gasteiger partial charge >= 0.3 is 11.9 Å². The van der Waals surface area contributed by atoms with E-state index in [9.17, 15) is 13.2 Å². The average molecular weight is 220 g/mol. The third-order valence-corrected chi connectivity index (χ3v) is 1.80. The Labute approximate surface area is 85.1 Å². The minimum Gasteiger partial charge on any atom is -0.337 e. The third-order valence-electron chi connectivity index (χ3n) is 1.80. The van der Waals surface area contributed by atoms with Gasteiger partial charge in [-0.2, -0.15) is 13.2 Å². The monoisotopic (exact) mass is 220 g/mol. The van der Waals surface area contributed by atoms with Crippen LogP contribution in [0.15, 0.2) is 24.5 Å². The van der Waals surface area contributed by atoms with Gasteiger partial charge in [-0.15, -0.1) is 0 Å². The van der Waals surface area contributed by atoms with Crippen LogP contribution < -0.4 is 5.73 Å². The van der Waals surface area contributed by atoms with Gasteiger partial charge in [-0.05, 0) is 19.1 Å². The van der Waals surface area contributed by atoms with Gasteiger partial charge in [-0.1, -0.05) is 0 Å². The number of rotatable bonds is 4. The van der Waals surface area contributed by atoms with Crippen molar-refractivity contribution in [3.8, 4) is 0 Å². The third kappa shape index (κ3) is 2.27. The molecule has 1 atom stereocenters. The van der Waals surface area contributed by atoms with Gasteiger partial charge in [0, 0.05) is 24.6 Å². The fourth-order valence-corrected chi connectivity index (χ4v) is 1.12. The zero-order valence-corrected chi connectivity index (χ0v) is 8.08. The summed E-state index contributed by atoms with van der Waals surface area (Å²) in [4.78, 5) is 3.54. The van der Waals surface area contributed by atoms with Crippen molar-refractivity contribution < 1.29 is 17.9 Å². The highest BCUT2D eigenvalue weighted by Crippen LogP contribution is 2.38. The van der Waals surface area contributed by atoms with Crippen LogP contribution in [0.25, 0.3) is 0 Å². The van der Waals surface area contributed by atoms with Gasteiger partial charge in [-0.3, -0.25) is 10.7 Å². The molecule has 0 saturated carbocycles. The van der Waals surface area contributed by atoms with Crippen LogP contribution in [-0.4, -0.2) is 17.6 Å². The lowest BCUT2D eigenvalue weighted by atomic mass is 10.1. The Hall–Kier alpha value is -1.14. The van der Waals surface area contributed by atoms with E-state index in [0.29, 0.717) is 0 Å². The van der Waals surface area contributed by atoms with E-state index in [4.69, 9.17) is 0 Å². The molecular weight excluding hydrogens is 209 g/mol. The number of pyridine rings is 1. The fourth-order valence-electron chi connectivity index (χ4n) is 1.12. The van der Waals surface area contributed by atoms with Gasteiger partial charge in [0.2, 0.25) is 0 Å². The maximum Gasteiger partial charge on any atom is 0.362 e. The molecule has 84 valence electrons. The predicted octanol–water partition coefficient (Wildman–Crippen LogP) is 1.79. The highest BCUT2D eigenvalue weighted by molar-refractivity contribution is 5.18. The molecule has 1 aromatic rings. The number of ether oxygens (including phenoxy) is 1. The molecule has 1 unspecified atom stereocenters. The largest absolute Gasteiger partial charge is 0.362 e. The molecule has 0 radical (unpaired) electrons. The first-order valence-corrected chi connectivity index (χ1v) is 4.32. The Morgan fingerprint density at radius 1 is 1.47 bits per heavy atom. The first-order chi connectivity index (χ1) is 6.92. The molecule has 0 fully saturated rings. The number of aromatic nitrogens is 1. The minimum atomic E-state index is -4.12. The summed E-state index contributed by atoms with van der Waals surface area (Å²) in [6, 6.07) is -1.65. The smallest absolute Gasteiger partial charge is 0.337 e. The van der Waals surface area contributed by atoms with E-state index in [1.807, 2.05) is 0 Å². The zero-order chi connectivity index (χ0) is 11.5. The van der Waals surface area contributed by atoms with Gasteiger partial charge < -0.3 is 4.74 Å². The van der Waals surface area contributed by atoms with Gasteiger partial charge in [0.15, 0.2) is 0 Å². The van der Waals surface area contributed by atoms with Crippen LogP contribution in [0.2, 0.25) is 0 Å². The van der Waals surface area contributed by atoms with Crippen LogP contribution in [0.3, 0.4) is 0 Å². The lowest BCUT2D eigenvalue weighted by Gasteiger charge is -2.29. The SMILES string of the molecule is CCOC(F)(c1cccnc1)C(N)(F)F. The Morgan fingerprint density at radius 3 is 2.53 bits per heavy atom. The standard InChI is InChI=1S/C9H11F3N2O/c1-2-15-8(10,9(11,12)13)7-4-3-5-14-6-7/h3-6H,2,13H2,1H3. The predicted molar refractivity (Wildman–Crippen MR) is 47.8 cm³/mol. The van der Waals surface area contributed by atoms with Crippen molar-refractivity contribution in [2.45, 2.75) is 18.8 Å². The van der Waals surface area contributed by atoms with Crippen molar-refractivity contribution in [3.63, 3.8) is 0 Å². The molecule has 3 nitrogen and oxygen atoms in total. The van der Waals surface area contributed by atoms with Crippen molar-refractivity contribution in [2.75, 3.05) is 6.61 Å². The fraction of sp³-hybridized carbons (Fsp3) is 0.444.